The number of hydrogen-bond donors (Lipinski definition) is 2. The third-order valence-electron chi connectivity index (χ3n) is 2.10. The standard InChI is InChI=1S/C10H16N2O3S/c1-8(13)9-5-4-6-10(7-9)11-16(14,15)12(2)3/h4-8,11,13H,1-3H3. The average Bonchev–Trinajstić information content (AvgIpc) is 2.17. The summed E-state index contributed by atoms with van der Waals surface area (Å²) in [6, 6.07) is 6.66. The van der Waals surface area contributed by atoms with Crippen LogP contribution >= 0.6 is 0 Å². The lowest BCUT2D eigenvalue weighted by Crippen LogP contribution is -2.28. The maximum atomic E-state index is 11.5. The highest BCUT2D eigenvalue weighted by molar-refractivity contribution is 7.90. The van der Waals surface area contributed by atoms with E-state index in [2.05, 4.69) is 4.72 Å². The summed E-state index contributed by atoms with van der Waals surface area (Å²) in [5.41, 5.74) is 1.10. The highest BCUT2D eigenvalue weighted by Gasteiger charge is 2.13. The Labute approximate surface area is 95.9 Å². The van der Waals surface area contributed by atoms with Crippen LogP contribution in [0.1, 0.15) is 18.6 Å². The van der Waals surface area contributed by atoms with E-state index in [0.717, 1.165) is 4.31 Å². The molecular formula is C10H16N2O3S. The van der Waals surface area contributed by atoms with Gasteiger partial charge in [-0.25, -0.2) is 0 Å². The molecule has 0 saturated carbocycles. The van der Waals surface area contributed by atoms with Crippen LogP contribution in [0.3, 0.4) is 0 Å². The van der Waals surface area contributed by atoms with Crippen LogP contribution in [0.25, 0.3) is 0 Å². The predicted molar refractivity (Wildman–Crippen MR) is 63.3 cm³/mol. The molecule has 1 atom stereocenters. The van der Waals surface area contributed by atoms with Gasteiger partial charge in [0.1, 0.15) is 0 Å². The number of rotatable bonds is 4. The number of aliphatic hydroxyl groups is 1. The molecule has 0 spiro atoms. The number of benzene rings is 1. The van der Waals surface area contributed by atoms with Crippen LogP contribution in [0.4, 0.5) is 5.69 Å². The molecule has 1 unspecified atom stereocenters. The van der Waals surface area contributed by atoms with E-state index in [9.17, 15) is 13.5 Å². The largest absolute Gasteiger partial charge is 0.389 e. The molecule has 5 nitrogen and oxygen atoms in total. The molecule has 0 amide bonds. The van der Waals surface area contributed by atoms with Gasteiger partial charge in [-0.15, -0.1) is 0 Å². The number of nitrogens with one attached hydrogen (secondary N) is 1. The number of aliphatic hydroxyl groups excluding tert-OH is 1. The predicted octanol–water partition coefficient (Wildman–Crippen LogP) is 0.958. The van der Waals surface area contributed by atoms with E-state index in [1.165, 1.54) is 14.1 Å². The molecule has 1 aromatic carbocycles. The summed E-state index contributed by atoms with van der Waals surface area (Å²) in [6.07, 6.45) is -0.621. The van der Waals surface area contributed by atoms with Gasteiger partial charge in [0.25, 0.3) is 0 Å². The first-order chi connectivity index (χ1) is 7.33. The van der Waals surface area contributed by atoms with Crippen molar-refractivity contribution in [2.24, 2.45) is 0 Å². The Bertz CT molecular complexity index is 455. The second kappa shape index (κ2) is 4.82. The van der Waals surface area contributed by atoms with Crippen molar-refractivity contribution in [3.05, 3.63) is 29.8 Å². The zero-order chi connectivity index (χ0) is 12.3. The molecule has 2 N–H and O–H groups in total. The highest BCUT2D eigenvalue weighted by atomic mass is 32.2. The average molecular weight is 244 g/mol. The lowest BCUT2D eigenvalue weighted by atomic mass is 10.1. The fraction of sp³-hybridized carbons (Fsp3) is 0.400. The fourth-order valence-corrected chi connectivity index (χ4v) is 1.71. The van der Waals surface area contributed by atoms with Crippen molar-refractivity contribution < 1.29 is 13.5 Å². The Kier molecular flexibility index (Phi) is 3.90. The Morgan fingerprint density at radius 3 is 2.50 bits per heavy atom. The molecule has 6 heteroatoms. The smallest absolute Gasteiger partial charge is 0.301 e. The van der Waals surface area contributed by atoms with Crippen molar-refractivity contribution in [3.63, 3.8) is 0 Å². The first kappa shape index (κ1) is 13.0. The number of anilines is 1. The molecule has 90 valence electrons. The molecule has 0 aliphatic rings. The third-order valence-corrected chi connectivity index (χ3v) is 3.55. The van der Waals surface area contributed by atoms with Gasteiger partial charge in [-0.1, -0.05) is 12.1 Å². The van der Waals surface area contributed by atoms with Gasteiger partial charge < -0.3 is 5.11 Å². The molecule has 0 saturated heterocycles. The normalized spacial score (nSPS) is 13.8. The van der Waals surface area contributed by atoms with Crippen molar-refractivity contribution in [1.82, 2.24) is 4.31 Å². The summed E-state index contributed by atoms with van der Waals surface area (Å²) >= 11 is 0. The van der Waals surface area contributed by atoms with Gasteiger partial charge in [0.2, 0.25) is 0 Å². The Morgan fingerprint density at radius 1 is 1.38 bits per heavy atom. The van der Waals surface area contributed by atoms with E-state index in [-0.39, 0.29) is 0 Å². The summed E-state index contributed by atoms with van der Waals surface area (Å²) in [5.74, 6) is 0. The van der Waals surface area contributed by atoms with Crippen LogP contribution in [-0.4, -0.2) is 31.9 Å². The van der Waals surface area contributed by atoms with Crippen LogP contribution in [-0.2, 0) is 10.2 Å². The molecule has 0 heterocycles. The van der Waals surface area contributed by atoms with Crippen molar-refractivity contribution in [3.8, 4) is 0 Å². The summed E-state index contributed by atoms with van der Waals surface area (Å²) in [4.78, 5) is 0. The monoisotopic (exact) mass is 244 g/mol. The minimum atomic E-state index is -3.49. The summed E-state index contributed by atoms with van der Waals surface area (Å²) in [5, 5.41) is 9.37. The van der Waals surface area contributed by atoms with Crippen LogP contribution in [0.5, 0.6) is 0 Å². The summed E-state index contributed by atoms with van der Waals surface area (Å²) in [7, 11) is -0.601. The minimum Gasteiger partial charge on any atom is -0.389 e. The molecule has 1 aromatic rings. The second-order valence-electron chi connectivity index (χ2n) is 3.69. The van der Waals surface area contributed by atoms with E-state index in [1.54, 1.807) is 31.2 Å². The lowest BCUT2D eigenvalue weighted by molar-refractivity contribution is 0.199. The van der Waals surface area contributed by atoms with Gasteiger partial charge in [-0.2, -0.15) is 12.7 Å². The number of nitrogens with zero attached hydrogens (tertiary/aromatic N) is 1. The molecule has 1 rings (SSSR count). The molecule has 16 heavy (non-hydrogen) atoms. The fourth-order valence-electron chi connectivity index (χ4n) is 1.10. The van der Waals surface area contributed by atoms with Gasteiger partial charge in [0.15, 0.2) is 0 Å². The quantitative estimate of drug-likeness (QED) is 0.828. The minimum absolute atomic E-state index is 0.437. The summed E-state index contributed by atoms with van der Waals surface area (Å²) in [6.45, 7) is 1.62. The second-order valence-corrected chi connectivity index (χ2v) is 5.58. The van der Waals surface area contributed by atoms with E-state index in [1.807, 2.05) is 0 Å². The topological polar surface area (TPSA) is 69.6 Å². The first-order valence-electron chi connectivity index (χ1n) is 4.81. The van der Waals surface area contributed by atoms with Crippen LogP contribution in [0.2, 0.25) is 0 Å². The van der Waals surface area contributed by atoms with E-state index < -0.39 is 16.3 Å². The van der Waals surface area contributed by atoms with E-state index in [0.29, 0.717) is 11.3 Å². The molecule has 0 aromatic heterocycles. The lowest BCUT2D eigenvalue weighted by Gasteiger charge is -2.14. The first-order valence-corrected chi connectivity index (χ1v) is 6.25. The maximum absolute atomic E-state index is 11.5. The van der Waals surface area contributed by atoms with Crippen molar-refractivity contribution in [2.75, 3.05) is 18.8 Å². The van der Waals surface area contributed by atoms with Gasteiger partial charge in [0.05, 0.1) is 11.8 Å². The number of hydrogen-bond acceptors (Lipinski definition) is 3. The van der Waals surface area contributed by atoms with Crippen molar-refractivity contribution in [2.45, 2.75) is 13.0 Å². The van der Waals surface area contributed by atoms with Crippen LogP contribution in [0, 0.1) is 0 Å². The van der Waals surface area contributed by atoms with Gasteiger partial charge in [0, 0.05) is 14.1 Å². The molecule has 0 bridgehead atoms. The van der Waals surface area contributed by atoms with Gasteiger partial charge in [-0.3, -0.25) is 4.72 Å². The zero-order valence-corrected chi connectivity index (χ0v) is 10.3. The zero-order valence-electron chi connectivity index (χ0n) is 9.51. The van der Waals surface area contributed by atoms with Crippen LogP contribution in [0.15, 0.2) is 24.3 Å². The van der Waals surface area contributed by atoms with Gasteiger partial charge in [-0.05, 0) is 24.6 Å². The molecule has 0 aliphatic heterocycles. The van der Waals surface area contributed by atoms with Gasteiger partial charge >= 0.3 is 10.2 Å². The Balaban J connectivity index is 2.95. The van der Waals surface area contributed by atoms with Crippen molar-refractivity contribution >= 4 is 15.9 Å². The molecular weight excluding hydrogens is 228 g/mol. The Hall–Kier alpha value is -1.11. The highest BCUT2D eigenvalue weighted by Crippen LogP contribution is 2.18. The van der Waals surface area contributed by atoms with E-state index >= 15 is 0 Å². The SMILES string of the molecule is CC(O)c1cccc(NS(=O)(=O)N(C)C)c1. The van der Waals surface area contributed by atoms with Crippen molar-refractivity contribution in [1.29, 1.82) is 0 Å². The molecule has 0 fully saturated rings. The maximum Gasteiger partial charge on any atom is 0.301 e. The van der Waals surface area contributed by atoms with E-state index in [4.69, 9.17) is 0 Å². The summed E-state index contributed by atoms with van der Waals surface area (Å²) < 4.78 is 26.6. The Morgan fingerprint density at radius 2 is 2.00 bits per heavy atom. The molecule has 0 radical (unpaired) electrons. The molecule has 0 aliphatic carbocycles. The van der Waals surface area contributed by atoms with Crippen LogP contribution < -0.4 is 4.72 Å². The third kappa shape index (κ3) is 3.19.